The smallest absolute Gasteiger partial charge is 0.221 e. The molecule has 0 spiro atoms. The molecule has 5 heteroatoms. The van der Waals surface area contributed by atoms with Crippen molar-refractivity contribution in [3.8, 4) is 11.5 Å². The van der Waals surface area contributed by atoms with Gasteiger partial charge < -0.3 is 14.8 Å². The monoisotopic (exact) mass is 263 g/mol. The Morgan fingerprint density at radius 3 is 2.68 bits per heavy atom. The molecule has 1 aliphatic rings. The maximum Gasteiger partial charge on any atom is 0.221 e. The number of hydrogen-bond donors (Lipinski definition) is 1. The van der Waals surface area contributed by atoms with Crippen LogP contribution < -0.4 is 14.8 Å². The molecule has 0 aromatic heterocycles. The van der Waals surface area contributed by atoms with E-state index in [0.29, 0.717) is 42.4 Å². The maximum absolute atomic E-state index is 12.0. The van der Waals surface area contributed by atoms with Crippen LogP contribution in [0.3, 0.4) is 0 Å². The molecule has 1 amide bonds. The predicted molar refractivity (Wildman–Crippen MR) is 71.0 cm³/mol. The van der Waals surface area contributed by atoms with Gasteiger partial charge in [-0.2, -0.15) is 0 Å². The van der Waals surface area contributed by atoms with Crippen molar-refractivity contribution in [2.24, 2.45) is 0 Å². The minimum Gasteiger partial charge on any atom is -0.486 e. The van der Waals surface area contributed by atoms with Gasteiger partial charge in [0.25, 0.3) is 0 Å². The second-order valence-corrected chi connectivity index (χ2v) is 4.40. The highest BCUT2D eigenvalue weighted by atomic mass is 16.6. The van der Waals surface area contributed by atoms with Crippen LogP contribution in [0.15, 0.2) is 12.1 Å². The molecule has 5 nitrogen and oxygen atoms in total. The third kappa shape index (κ3) is 3.05. The van der Waals surface area contributed by atoms with Crippen LogP contribution in [0.4, 0.5) is 5.69 Å². The van der Waals surface area contributed by atoms with Crippen molar-refractivity contribution in [1.29, 1.82) is 0 Å². The van der Waals surface area contributed by atoms with Gasteiger partial charge in [-0.05, 0) is 18.6 Å². The van der Waals surface area contributed by atoms with Crippen LogP contribution in [0.5, 0.6) is 11.5 Å². The molecular weight excluding hydrogens is 246 g/mol. The highest BCUT2D eigenvalue weighted by Gasteiger charge is 2.20. The number of nitrogens with one attached hydrogen (secondary N) is 1. The van der Waals surface area contributed by atoms with E-state index in [1.807, 2.05) is 6.92 Å². The zero-order valence-corrected chi connectivity index (χ0v) is 11.1. The number of ketones is 1. The number of amides is 1. The standard InChI is InChI=1S/C14H17NO4/c1-3-4-12(17)10-7-11(15-9(2)16)14-13(8-10)18-5-6-19-14/h7-8H,3-6H2,1-2H3,(H,15,16). The van der Waals surface area contributed by atoms with Gasteiger partial charge in [0.2, 0.25) is 5.91 Å². The second-order valence-electron chi connectivity index (χ2n) is 4.40. The van der Waals surface area contributed by atoms with E-state index >= 15 is 0 Å². The molecule has 1 N–H and O–H groups in total. The average molecular weight is 263 g/mol. The van der Waals surface area contributed by atoms with Crippen LogP contribution >= 0.6 is 0 Å². The third-order valence-electron chi connectivity index (χ3n) is 2.75. The van der Waals surface area contributed by atoms with Gasteiger partial charge in [-0.3, -0.25) is 9.59 Å². The summed E-state index contributed by atoms with van der Waals surface area (Å²) in [6, 6.07) is 3.32. The second kappa shape index (κ2) is 5.73. The number of anilines is 1. The van der Waals surface area contributed by atoms with E-state index in [4.69, 9.17) is 9.47 Å². The molecule has 2 rings (SSSR count). The normalized spacial score (nSPS) is 12.9. The van der Waals surface area contributed by atoms with Crippen molar-refractivity contribution in [2.75, 3.05) is 18.5 Å². The third-order valence-corrected chi connectivity index (χ3v) is 2.75. The number of benzene rings is 1. The van der Waals surface area contributed by atoms with Crippen LogP contribution in [0, 0.1) is 0 Å². The predicted octanol–water partition coefficient (Wildman–Crippen LogP) is 2.40. The van der Waals surface area contributed by atoms with Crippen molar-refractivity contribution < 1.29 is 19.1 Å². The number of carbonyl (C=O) groups is 2. The fraction of sp³-hybridized carbons (Fsp3) is 0.429. The fourth-order valence-corrected chi connectivity index (χ4v) is 1.97. The molecule has 0 atom stereocenters. The molecule has 0 aliphatic carbocycles. The van der Waals surface area contributed by atoms with E-state index in [1.54, 1.807) is 12.1 Å². The Bertz CT molecular complexity index is 510. The van der Waals surface area contributed by atoms with Gasteiger partial charge in [-0.15, -0.1) is 0 Å². The summed E-state index contributed by atoms with van der Waals surface area (Å²) >= 11 is 0. The van der Waals surface area contributed by atoms with Crippen molar-refractivity contribution >= 4 is 17.4 Å². The molecule has 19 heavy (non-hydrogen) atoms. The van der Waals surface area contributed by atoms with Crippen molar-refractivity contribution in [3.05, 3.63) is 17.7 Å². The van der Waals surface area contributed by atoms with E-state index in [9.17, 15) is 9.59 Å². The molecule has 0 bridgehead atoms. The van der Waals surface area contributed by atoms with Gasteiger partial charge in [0.15, 0.2) is 17.3 Å². The number of Topliss-reactive ketones (excluding diaryl/α,β-unsaturated/α-hetero) is 1. The first kappa shape index (κ1) is 13.4. The molecule has 1 aliphatic heterocycles. The van der Waals surface area contributed by atoms with E-state index in [-0.39, 0.29) is 11.7 Å². The SMILES string of the molecule is CCCC(=O)c1cc(NC(C)=O)c2c(c1)OCCO2. The summed E-state index contributed by atoms with van der Waals surface area (Å²) < 4.78 is 11.0. The van der Waals surface area contributed by atoms with Crippen LogP contribution in [0.2, 0.25) is 0 Å². The van der Waals surface area contributed by atoms with Gasteiger partial charge in [-0.25, -0.2) is 0 Å². The van der Waals surface area contributed by atoms with Gasteiger partial charge in [0, 0.05) is 18.9 Å². The molecule has 0 radical (unpaired) electrons. The van der Waals surface area contributed by atoms with Crippen LogP contribution in [-0.4, -0.2) is 24.9 Å². The Morgan fingerprint density at radius 2 is 2.00 bits per heavy atom. The summed E-state index contributed by atoms with van der Waals surface area (Å²) in [4.78, 5) is 23.2. The first-order valence-corrected chi connectivity index (χ1v) is 6.36. The van der Waals surface area contributed by atoms with E-state index < -0.39 is 0 Å². The lowest BCUT2D eigenvalue weighted by Crippen LogP contribution is -2.18. The maximum atomic E-state index is 12.0. The zero-order chi connectivity index (χ0) is 13.8. The number of carbonyl (C=O) groups excluding carboxylic acids is 2. The van der Waals surface area contributed by atoms with E-state index in [0.717, 1.165) is 6.42 Å². The van der Waals surface area contributed by atoms with Crippen LogP contribution in [-0.2, 0) is 4.79 Å². The Hall–Kier alpha value is -2.04. The van der Waals surface area contributed by atoms with Gasteiger partial charge >= 0.3 is 0 Å². The van der Waals surface area contributed by atoms with Crippen LogP contribution in [0.1, 0.15) is 37.0 Å². The number of hydrogen-bond acceptors (Lipinski definition) is 4. The lowest BCUT2D eigenvalue weighted by atomic mass is 10.0. The largest absolute Gasteiger partial charge is 0.486 e. The minimum atomic E-state index is -0.212. The zero-order valence-electron chi connectivity index (χ0n) is 11.1. The highest BCUT2D eigenvalue weighted by molar-refractivity contribution is 6.00. The summed E-state index contributed by atoms with van der Waals surface area (Å²) in [5.41, 5.74) is 1.03. The topological polar surface area (TPSA) is 64.6 Å². The Kier molecular flexibility index (Phi) is 4.04. The number of ether oxygens (including phenoxy) is 2. The number of fused-ring (bicyclic) bond motifs is 1. The summed E-state index contributed by atoms with van der Waals surface area (Å²) in [5, 5.41) is 2.67. The molecular formula is C14H17NO4. The molecule has 0 fully saturated rings. The molecule has 102 valence electrons. The minimum absolute atomic E-state index is 0.0334. The van der Waals surface area contributed by atoms with E-state index in [2.05, 4.69) is 5.32 Å². The lowest BCUT2D eigenvalue weighted by molar-refractivity contribution is -0.114. The number of rotatable bonds is 4. The van der Waals surface area contributed by atoms with Crippen molar-refractivity contribution in [2.45, 2.75) is 26.7 Å². The summed E-state index contributed by atoms with van der Waals surface area (Å²) in [6.45, 7) is 4.24. The Balaban J connectivity index is 2.41. The quantitative estimate of drug-likeness (QED) is 0.847. The van der Waals surface area contributed by atoms with Gasteiger partial charge in [-0.1, -0.05) is 6.92 Å². The average Bonchev–Trinajstić information content (AvgIpc) is 2.38. The lowest BCUT2D eigenvalue weighted by Gasteiger charge is -2.22. The summed E-state index contributed by atoms with van der Waals surface area (Å²) in [7, 11) is 0. The molecule has 1 heterocycles. The molecule has 0 saturated carbocycles. The summed E-state index contributed by atoms with van der Waals surface area (Å²) in [6.07, 6.45) is 1.25. The highest BCUT2D eigenvalue weighted by Crippen LogP contribution is 2.39. The van der Waals surface area contributed by atoms with Crippen molar-refractivity contribution in [3.63, 3.8) is 0 Å². The Labute approximate surface area is 111 Å². The molecule has 0 saturated heterocycles. The van der Waals surface area contributed by atoms with E-state index in [1.165, 1.54) is 6.92 Å². The Morgan fingerprint density at radius 1 is 1.26 bits per heavy atom. The first-order chi connectivity index (χ1) is 9.11. The molecule has 1 aromatic carbocycles. The first-order valence-electron chi connectivity index (χ1n) is 6.36. The van der Waals surface area contributed by atoms with Gasteiger partial charge in [0.05, 0.1) is 5.69 Å². The van der Waals surface area contributed by atoms with Crippen molar-refractivity contribution in [1.82, 2.24) is 0 Å². The summed E-state index contributed by atoms with van der Waals surface area (Å²) in [5.74, 6) is 0.828. The fourth-order valence-electron chi connectivity index (χ4n) is 1.97. The van der Waals surface area contributed by atoms with Crippen LogP contribution in [0.25, 0.3) is 0 Å². The van der Waals surface area contributed by atoms with Gasteiger partial charge in [0.1, 0.15) is 13.2 Å². The molecule has 1 aromatic rings. The molecule has 0 unspecified atom stereocenters.